The first kappa shape index (κ1) is 10.7. The molecule has 0 saturated carbocycles. The lowest BCUT2D eigenvalue weighted by molar-refractivity contribution is -0.117. The van der Waals surface area contributed by atoms with E-state index in [0.717, 1.165) is 5.69 Å². The summed E-state index contributed by atoms with van der Waals surface area (Å²) in [5.41, 5.74) is 1.47. The van der Waals surface area contributed by atoms with Gasteiger partial charge in [-0.25, -0.2) is 0 Å². The predicted molar refractivity (Wildman–Crippen MR) is 62.3 cm³/mol. The smallest absolute Gasteiger partial charge is 0.226 e. The molecular weight excluding hydrogens is 204 g/mol. The molecule has 2 rings (SSSR count). The van der Waals surface area contributed by atoms with Crippen molar-refractivity contribution in [3.63, 3.8) is 0 Å². The summed E-state index contributed by atoms with van der Waals surface area (Å²) in [6, 6.07) is 7.24. The Bertz CT molecular complexity index is 442. The van der Waals surface area contributed by atoms with Gasteiger partial charge in [-0.15, -0.1) is 0 Å². The number of nitrogens with zero attached hydrogens (tertiary/aromatic N) is 1. The lowest BCUT2D eigenvalue weighted by Gasteiger charge is -2.26. The van der Waals surface area contributed by atoms with Crippen molar-refractivity contribution in [2.45, 2.75) is 26.3 Å². The van der Waals surface area contributed by atoms with Crippen molar-refractivity contribution in [3.05, 3.63) is 24.3 Å². The van der Waals surface area contributed by atoms with E-state index in [4.69, 9.17) is 0 Å². The molecule has 2 amide bonds. The molecule has 0 spiro atoms. The summed E-state index contributed by atoms with van der Waals surface area (Å²) in [5.74, 6) is -0.0971. The number of anilines is 2. The Morgan fingerprint density at radius 2 is 2.12 bits per heavy atom. The predicted octanol–water partition coefficient (Wildman–Crippen LogP) is 1.77. The molecule has 4 nitrogen and oxygen atoms in total. The number of carbonyl (C=O) groups is 2. The molecule has 0 saturated heterocycles. The first-order valence-electron chi connectivity index (χ1n) is 5.28. The van der Waals surface area contributed by atoms with E-state index < -0.39 is 0 Å². The molecule has 1 unspecified atom stereocenters. The molecular formula is C12H14N2O2. The molecule has 1 aliphatic rings. The van der Waals surface area contributed by atoms with E-state index in [2.05, 4.69) is 5.32 Å². The number of rotatable bonds is 0. The van der Waals surface area contributed by atoms with E-state index in [-0.39, 0.29) is 17.9 Å². The van der Waals surface area contributed by atoms with Crippen LogP contribution in [0.4, 0.5) is 11.4 Å². The van der Waals surface area contributed by atoms with E-state index >= 15 is 0 Å². The molecule has 84 valence electrons. The molecule has 1 heterocycles. The highest BCUT2D eigenvalue weighted by atomic mass is 16.2. The molecule has 0 aromatic heterocycles. The second-order valence-corrected chi connectivity index (χ2v) is 4.01. The van der Waals surface area contributed by atoms with Gasteiger partial charge in [0, 0.05) is 19.4 Å². The third kappa shape index (κ3) is 1.78. The highest BCUT2D eigenvalue weighted by molar-refractivity contribution is 6.03. The average molecular weight is 218 g/mol. The maximum absolute atomic E-state index is 11.6. The summed E-state index contributed by atoms with van der Waals surface area (Å²) in [4.78, 5) is 24.9. The van der Waals surface area contributed by atoms with Crippen LogP contribution < -0.4 is 10.2 Å². The number of benzene rings is 1. The van der Waals surface area contributed by atoms with Crippen LogP contribution in [0.3, 0.4) is 0 Å². The Kier molecular flexibility index (Phi) is 2.64. The van der Waals surface area contributed by atoms with E-state index in [0.29, 0.717) is 12.1 Å². The fraction of sp³-hybridized carbons (Fsp3) is 0.333. The molecule has 16 heavy (non-hydrogen) atoms. The summed E-state index contributed by atoms with van der Waals surface area (Å²) < 4.78 is 0. The summed E-state index contributed by atoms with van der Waals surface area (Å²) in [7, 11) is 0. The van der Waals surface area contributed by atoms with Crippen molar-refractivity contribution >= 4 is 23.2 Å². The van der Waals surface area contributed by atoms with Gasteiger partial charge < -0.3 is 10.2 Å². The van der Waals surface area contributed by atoms with Crippen molar-refractivity contribution in [3.8, 4) is 0 Å². The van der Waals surface area contributed by atoms with E-state index in [1.807, 2.05) is 25.1 Å². The lowest BCUT2D eigenvalue weighted by Crippen LogP contribution is -2.37. The monoisotopic (exact) mass is 218 g/mol. The lowest BCUT2D eigenvalue weighted by atomic mass is 10.2. The van der Waals surface area contributed by atoms with E-state index in [1.54, 1.807) is 11.0 Å². The van der Waals surface area contributed by atoms with Crippen molar-refractivity contribution < 1.29 is 9.59 Å². The standard InChI is InChI=1S/C12H14N2O2/c1-8-7-12(16)13-10-5-3-4-6-11(10)14(8)9(2)15/h3-6,8H,7H2,1-2H3,(H,13,16). The van der Waals surface area contributed by atoms with E-state index in [9.17, 15) is 9.59 Å². The minimum atomic E-state index is -0.110. The van der Waals surface area contributed by atoms with Crippen LogP contribution in [0.25, 0.3) is 0 Å². The molecule has 0 aliphatic carbocycles. The number of hydrogen-bond donors (Lipinski definition) is 1. The van der Waals surface area contributed by atoms with Gasteiger partial charge in [0.05, 0.1) is 11.4 Å². The largest absolute Gasteiger partial charge is 0.324 e. The zero-order chi connectivity index (χ0) is 11.7. The van der Waals surface area contributed by atoms with Gasteiger partial charge >= 0.3 is 0 Å². The Hall–Kier alpha value is -1.84. The van der Waals surface area contributed by atoms with Crippen LogP contribution in [0.1, 0.15) is 20.3 Å². The van der Waals surface area contributed by atoms with Crippen LogP contribution >= 0.6 is 0 Å². The SMILES string of the molecule is CC(=O)N1c2ccccc2NC(=O)CC1C. The minimum Gasteiger partial charge on any atom is -0.324 e. The fourth-order valence-corrected chi connectivity index (χ4v) is 2.07. The minimum absolute atomic E-state index is 0.0450. The quantitative estimate of drug-likeness (QED) is 0.721. The molecule has 0 radical (unpaired) electrons. The highest BCUT2D eigenvalue weighted by Gasteiger charge is 2.27. The van der Waals surface area contributed by atoms with Crippen LogP contribution in [-0.2, 0) is 9.59 Å². The highest BCUT2D eigenvalue weighted by Crippen LogP contribution is 2.30. The fourth-order valence-electron chi connectivity index (χ4n) is 2.07. The second kappa shape index (κ2) is 3.96. The first-order valence-corrected chi connectivity index (χ1v) is 5.28. The number of fused-ring (bicyclic) bond motifs is 1. The molecule has 0 fully saturated rings. The number of hydrogen-bond acceptors (Lipinski definition) is 2. The van der Waals surface area contributed by atoms with Crippen LogP contribution in [-0.4, -0.2) is 17.9 Å². The van der Waals surface area contributed by atoms with Crippen LogP contribution in [0.5, 0.6) is 0 Å². The third-order valence-corrected chi connectivity index (χ3v) is 2.70. The molecule has 1 atom stereocenters. The Labute approximate surface area is 94.2 Å². The van der Waals surface area contributed by atoms with E-state index in [1.165, 1.54) is 6.92 Å². The number of nitrogens with one attached hydrogen (secondary N) is 1. The number of amides is 2. The number of para-hydroxylation sites is 2. The van der Waals surface area contributed by atoms with Gasteiger partial charge in [0.1, 0.15) is 0 Å². The summed E-state index contributed by atoms with van der Waals surface area (Å²) >= 11 is 0. The normalized spacial score (nSPS) is 19.8. The summed E-state index contributed by atoms with van der Waals surface area (Å²) in [6.07, 6.45) is 0.328. The van der Waals surface area contributed by atoms with Crippen molar-refractivity contribution in [2.24, 2.45) is 0 Å². The van der Waals surface area contributed by atoms with Gasteiger partial charge in [0.2, 0.25) is 11.8 Å². The van der Waals surface area contributed by atoms with Gasteiger partial charge in [0.25, 0.3) is 0 Å². The summed E-state index contributed by atoms with van der Waals surface area (Å²) in [5, 5.41) is 2.80. The molecule has 0 bridgehead atoms. The third-order valence-electron chi connectivity index (χ3n) is 2.70. The maximum Gasteiger partial charge on any atom is 0.226 e. The van der Waals surface area contributed by atoms with Gasteiger partial charge in [-0.1, -0.05) is 12.1 Å². The first-order chi connectivity index (χ1) is 7.59. The topological polar surface area (TPSA) is 49.4 Å². The second-order valence-electron chi connectivity index (χ2n) is 4.01. The summed E-state index contributed by atoms with van der Waals surface area (Å²) in [6.45, 7) is 3.39. The number of carbonyl (C=O) groups excluding carboxylic acids is 2. The molecule has 1 N–H and O–H groups in total. The molecule has 4 heteroatoms. The van der Waals surface area contributed by atoms with Crippen molar-refractivity contribution in [1.29, 1.82) is 0 Å². The van der Waals surface area contributed by atoms with Crippen molar-refractivity contribution in [2.75, 3.05) is 10.2 Å². The van der Waals surface area contributed by atoms with Crippen LogP contribution in [0, 0.1) is 0 Å². The van der Waals surface area contributed by atoms with Gasteiger partial charge in [0.15, 0.2) is 0 Å². The van der Waals surface area contributed by atoms with Gasteiger partial charge in [-0.05, 0) is 19.1 Å². The van der Waals surface area contributed by atoms with Crippen LogP contribution in [0.15, 0.2) is 24.3 Å². The Morgan fingerprint density at radius 1 is 1.44 bits per heavy atom. The Morgan fingerprint density at radius 3 is 2.81 bits per heavy atom. The average Bonchev–Trinajstić information content (AvgIpc) is 2.31. The molecule has 1 aromatic carbocycles. The zero-order valence-electron chi connectivity index (χ0n) is 9.36. The zero-order valence-corrected chi connectivity index (χ0v) is 9.36. The van der Waals surface area contributed by atoms with Gasteiger partial charge in [-0.2, -0.15) is 0 Å². The van der Waals surface area contributed by atoms with Gasteiger partial charge in [-0.3, -0.25) is 9.59 Å². The van der Waals surface area contributed by atoms with Crippen molar-refractivity contribution in [1.82, 2.24) is 0 Å². The molecule has 1 aromatic rings. The Balaban J connectivity index is 2.53. The molecule has 1 aliphatic heterocycles. The maximum atomic E-state index is 11.6. The van der Waals surface area contributed by atoms with Crippen LogP contribution in [0.2, 0.25) is 0 Å².